The number of rotatable bonds is 4. The summed E-state index contributed by atoms with van der Waals surface area (Å²) in [6.45, 7) is 8.26. The number of nitrogens with zero attached hydrogens (tertiary/aromatic N) is 3. The van der Waals surface area contributed by atoms with Crippen LogP contribution in [0.2, 0.25) is 0 Å². The molecule has 1 N–H and O–H groups in total. The maximum atomic E-state index is 12.6. The quantitative estimate of drug-likeness (QED) is 0.730. The summed E-state index contributed by atoms with van der Waals surface area (Å²) in [4.78, 5) is 12.6. The van der Waals surface area contributed by atoms with E-state index in [4.69, 9.17) is 4.52 Å². The van der Waals surface area contributed by atoms with Crippen molar-refractivity contribution in [1.82, 2.24) is 20.3 Å². The van der Waals surface area contributed by atoms with Gasteiger partial charge in [0.15, 0.2) is 0 Å². The average Bonchev–Trinajstić information content (AvgIpc) is 3.32. The van der Waals surface area contributed by atoms with E-state index in [0.29, 0.717) is 0 Å². The Balaban J connectivity index is 1.58. The number of nitrogens with one attached hydrogen (secondary N) is 1. The Morgan fingerprint density at radius 1 is 1.25 bits per heavy atom. The zero-order valence-corrected chi connectivity index (χ0v) is 16.8. The molecule has 28 heavy (non-hydrogen) atoms. The first kappa shape index (κ1) is 18.5. The summed E-state index contributed by atoms with van der Waals surface area (Å²) in [6, 6.07) is 8.04. The molecule has 0 fully saturated rings. The third kappa shape index (κ3) is 3.35. The fraction of sp³-hybridized carbons (Fsp3) is 0.409. The number of carbonyl (C=O) groups is 1. The lowest BCUT2D eigenvalue weighted by molar-refractivity contribution is 0.0895. The second kappa shape index (κ2) is 7.26. The van der Waals surface area contributed by atoms with Gasteiger partial charge in [0.25, 0.3) is 5.91 Å². The van der Waals surface area contributed by atoms with Crippen LogP contribution in [0.25, 0.3) is 5.69 Å². The number of aromatic nitrogens is 3. The molecule has 0 aliphatic heterocycles. The first-order valence-corrected chi connectivity index (χ1v) is 9.86. The highest BCUT2D eigenvalue weighted by Gasteiger charge is 2.27. The van der Waals surface area contributed by atoms with Crippen LogP contribution in [0, 0.1) is 13.8 Å². The van der Waals surface area contributed by atoms with Gasteiger partial charge in [-0.25, -0.2) is 4.68 Å². The molecule has 1 aliphatic carbocycles. The second-order valence-corrected chi connectivity index (χ2v) is 7.92. The average molecular weight is 378 g/mol. The molecule has 1 aromatic carbocycles. The predicted molar refractivity (Wildman–Crippen MR) is 107 cm³/mol. The summed E-state index contributed by atoms with van der Waals surface area (Å²) in [6.07, 6.45) is 4.73. The number of aryl methyl sites for hydroxylation is 2. The number of fused-ring (bicyclic) bond motifs is 1. The molecule has 0 saturated heterocycles. The summed E-state index contributed by atoms with van der Waals surface area (Å²) in [5.41, 5.74) is 6.61. The van der Waals surface area contributed by atoms with Crippen molar-refractivity contribution < 1.29 is 9.32 Å². The molecular formula is C22H26N4O2. The summed E-state index contributed by atoms with van der Waals surface area (Å²) >= 11 is 0. The van der Waals surface area contributed by atoms with E-state index in [1.54, 1.807) is 6.07 Å². The van der Waals surface area contributed by atoms with Gasteiger partial charge in [0.2, 0.25) is 5.76 Å². The van der Waals surface area contributed by atoms with Crippen molar-refractivity contribution in [2.24, 2.45) is 0 Å². The molecule has 0 radical (unpaired) electrons. The van der Waals surface area contributed by atoms with Gasteiger partial charge in [0.05, 0.1) is 23.6 Å². The van der Waals surface area contributed by atoms with E-state index >= 15 is 0 Å². The lowest BCUT2D eigenvalue weighted by Gasteiger charge is -2.24. The molecule has 146 valence electrons. The van der Waals surface area contributed by atoms with Crippen molar-refractivity contribution in [2.45, 2.75) is 58.9 Å². The molecule has 0 bridgehead atoms. The maximum absolute atomic E-state index is 12.6. The molecule has 0 saturated carbocycles. The van der Waals surface area contributed by atoms with Gasteiger partial charge < -0.3 is 9.84 Å². The van der Waals surface area contributed by atoms with Crippen LogP contribution < -0.4 is 5.32 Å². The molecule has 4 rings (SSSR count). The van der Waals surface area contributed by atoms with Crippen LogP contribution in [-0.2, 0) is 6.42 Å². The van der Waals surface area contributed by atoms with Gasteiger partial charge in [-0.2, -0.15) is 5.10 Å². The summed E-state index contributed by atoms with van der Waals surface area (Å²) in [5, 5.41) is 11.7. The number of amides is 1. The van der Waals surface area contributed by atoms with Crippen LogP contribution in [0.4, 0.5) is 0 Å². The topological polar surface area (TPSA) is 73.0 Å². The highest BCUT2D eigenvalue weighted by atomic mass is 16.5. The summed E-state index contributed by atoms with van der Waals surface area (Å²) in [5.74, 6) is 0.260. The highest BCUT2D eigenvalue weighted by molar-refractivity contribution is 5.91. The fourth-order valence-corrected chi connectivity index (χ4v) is 3.68. The van der Waals surface area contributed by atoms with Gasteiger partial charge >= 0.3 is 0 Å². The Morgan fingerprint density at radius 3 is 2.79 bits per heavy atom. The van der Waals surface area contributed by atoms with Gasteiger partial charge in [0, 0.05) is 17.3 Å². The number of hydrogen-bond acceptors (Lipinski definition) is 4. The van der Waals surface area contributed by atoms with Crippen LogP contribution in [0.1, 0.15) is 77.3 Å². The van der Waals surface area contributed by atoms with Gasteiger partial charge in [0.1, 0.15) is 0 Å². The zero-order chi connectivity index (χ0) is 19.8. The third-order valence-corrected chi connectivity index (χ3v) is 5.57. The molecular weight excluding hydrogens is 352 g/mol. The van der Waals surface area contributed by atoms with Gasteiger partial charge in [-0.05, 0) is 62.3 Å². The van der Waals surface area contributed by atoms with E-state index < -0.39 is 0 Å². The van der Waals surface area contributed by atoms with Crippen LogP contribution in [0.15, 0.2) is 35.0 Å². The summed E-state index contributed by atoms with van der Waals surface area (Å²) < 4.78 is 7.24. The van der Waals surface area contributed by atoms with E-state index in [1.807, 2.05) is 24.7 Å². The SMILES string of the molecule is Cc1ccc(-n2ncc3c2CCC[C@@H]3NC(=O)c2cc(C(C)C)no2)cc1C. The van der Waals surface area contributed by atoms with Crippen molar-refractivity contribution in [1.29, 1.82) is 0 Å². The monoisotopic (exact) mass is 378 g/mol. The largest absolute Gasteiger partial charge is 0.351 e. The Labute approximate surface area is 164 Å². The van der Waals surface area contributed by atoms with E-state index in [2.05, 4.69) is 47.6 Å². The van der Waals surface area contributed by atoms with Crippen LogP contribution in [0.3, 0.4) is 0 Å². The van der Waals surface area contributed by atoms with Crippen molar-refractivity contribution in [3.63, 3.8) is 0 Å². The molecule has 1 atom stereocenters. The molecule has 6 nitrogen and oxygen atoms in total. The first-order valence-electron chi connectivity index (χ1n) is 9.86. The van der Waals surface area contributed by atoms with Gasteiger partial charge in [-0.1, -0.05) is 25.1 Å². The minimum atomic E-state index is -0.226. The van der Waals surface area contributed by atoms with Crippen LogP contribution in [-0.4, -0.2) is 20.8 Å². The Hall–Kier alpha value is -2.89. The molecule has 6 heteroatoms. The standard InChI is InChI=1S/C22H26N4O2/c1-13(2)19-11-21(28-25-19)22(27)24-18-6-5-7-20-17(18)12-23-26(20)16-9-8-14(3)15(4)10-16/h8-13,18H,5-7H2,1-4H3,(H,24,27)/t18-/m0/s1. The van der Waals surface area contributed by atoms with Gasteiger partial charge in [-0.3, -0.25) is 4.79 Å². The van der Waals surface area contributed by atoms with E-state index in [-0.39, 0.29) is 23.6 Å². The van der Waals surface area contributed by atoms with Crippen molar-refractivity contribution in [2.75, 3.05) is 0 Å². The third-order valence-electron chi connectivity index (χ3n) is 5.57. The summed E-state index contributed by atoms with van der Waals surface area (Å²) in [7, 11) is 0. The van der Waals surface area contributed by atoms with Crippen molar-refractivity contribution in [3.05, 3.63) is 64.3 Å². The molecule has 2 heterocycles. The Bertz CT molecular complexity index is 1020. The molecule has 1 aliphatic rings. The van der Waals surface area contributed by atoms with Crippen molar-refractivity contribution >= 4 is 5.91 Å². The first-order chi connectivity index (χ1) is 13.4. The Kier molecular flexibility index (Phi) is 4.79. The van der Waals surface area contributed by atoms with Crippen LogP contribution >= 0.6 is 0 Å². The minimum absolute atomic E-state index is 0.0656. The minimum Gasteiger partial charge on any atom is -0.351 e. The van der Waals surface area contributed by atoms with Crippen molar-refractivity contribution in [3.8, 4) is 5.69 Å². The smallest absolute Gasteiger partial charge is 0.290 e. The highest BCUT2D eigenvalue weighted by Crippen LogP contribution is 2.31. The maximum Gasteiger partial charge on any atom is 0.290 e. The lowest BCUT2D eigenvalue weighted by Crippen LogP contribution is -2.30. The molecule has 0 unspecified atom stereocenters. The van der Waals surface area contributed by atoms with Gasteiger partial charge in [-0.15, -0.1) is 0 Å². The molecule has 3 aromatic rings. The number of carbonyl (C=O) groups excluding carboxylic acids is 1. The molecule has 1 amide bonds. The molecule has 2 aromatic heterocycles. The fourth-order valence-electron chi connectivity index (χ4n) is 3.68. The van der Waals surface area contributed by atoms with E-state index in [0.717, 1.165) is 36.2 Å². The second-order valence-electron chi connectivity index (χ2n) is 7.92. The normalized spacial score (nSPS) is 16.2. The van der Waals surface area contributed by atoms with Crippen LogP contribution in [0.5, 0.6) is 0 Å². The molecule has 0 spiro atoms. The van der Waals surface area contributed by atoms with E-state index in [9.17, 15) is 4.79 Å². The lowest BCUT2D eigenvalue weighted by atomic mass is 9.92. The van der Waals surface area contributed by atoms with E-state index in [1.165, 1.54) is 16.8 Å². The number of hydrogen-bond donors (Lipinski definition) is 1. The zero-order valence-electron chi connectivity index (χ0n) is 16.8. The number of benzene rings is 1. The Morgan fingerprint density at radius 2 is 2.07 bits per heavy atom. The predicted octanol–water partition coefficient (Wildman–Crippen LogP) is 4.41.